The number of hydrogen-bond acceptors (Lipinski definition) is 2. The van der Waals surface area contributed by atoms with Gasteiger partial charge in [-0.3, -0.25) is 9.78 Å². The van der Waals surface area contributed by atoms with Crippen LogP contribution in [0.4, 0.5) is 5.69 Å². The molecular formula is C17H14ClN3O. The third-order valence-corrected chi connectivity index (χ3v) is 3.73. The molecule has 5 heteroatoms. The number of carbonyl (C=O) groups excluding carboxylic acids is 1. The summed E-state index contributed by atoms with van der Waals surface area (Å²) in [5.41, 5.74) is 2.95. The van der Waals surface area contributed by atoms with Crippen molar-refractivity contribution in [1.82, 2.24) is 9.55 Å². The molecule has 22 heavy (non-hydrogen) atoms. The molecule has 0 atom stereocenters. The lowest BCUT2D eigenvalue weighted by Crippen LogP contribution is -2.12. The van der Waals surface area contributed by atoms with Crippen LogP contribution < -0.4 is 5.32 Å². The summed E-state index contributed by atoms with van der Waals surface area (Å²) in [6, 6.07) is 11.0. The zero-order valence-electron chi connectivity index (χ0n) is 12.0. The van der Waals surface area contributed by atoms with Gasteiger partial charge in [0.15, 0.2) is 0 Å². The summed E-state index contributed by atoms with van der Waals surface area (Å²) >= 11 is 6.07. The largest absolute Gasteiger partial charge is 0.322 e. The fourth-order valence-electron chi connectivity index (χ4n) is 2.07. The molecule has 110 valence electrons. The van der Waals surface area contributed by atoms with Crippen LogP contribution in [0.2, 0.25) is 5.02 Å². The highest BCUT2D eigenvalue weighted by Gasteiger charge is 2.09. The number of rotatable bonds is 3. The first-order valence-corrected chi connectivity index (χ1v) is 7.17. The second-order valence-corrected chi connectivity index (χ2v) is 5.35. The molecule has 0 aliphatic rings. The van der Waals surface area contributed by atoms with Crippen LogP contribution in [0.25, 0.3) is 5.69 Å². The van der Waals surface area contributed by atoms with Crippen LogP contribution in [-0.4, -0.2) is 15.5 Å². The number of halogens is 1. The highest BCUT2D eigenvalue weighted by molar-refractivity contribution is 6.31. The fourth-order valence-corrected chi connectivity index (χ4v) is 2.25. The van der Waals surface area contributed by atoms with Crippen molar-refractivity contribution in [2.24, 2.45) is 0 Å². The fraction of sp³-hybridized carbons (Fsp3) is 0.0588. The quantitative estimate of drug-likeness (QED) is 0.792. The van der Waals surface area contributed by atoms with Gasteiger partial charge in [0.1, 0.15) is 0 Å². The van der Waals surface area contributed by atoms with Crippen molar-refractivity contribution >= 4 is 23.2 Å². The topological polar surface area (TPSA) is 46.9 Å². The van der Waals surface area contributed by atoms with Gasteiger partial charge >= 0.3 is 0 Å². The molecule has 0 bridgehead atoms. The van der Waals surface area contributed by atoms with Crippen LogP contribution in [0.1, 0.15) is 15.9 Å². The summed E-state index contributed by atoms with van der Waals surface area (Å²) < 4.78 is 1.90. The first kappa shape index (κ1) is 14.4. The minimum absolute atomic E-state index is 0.221. The number of nitrogens with one attached hydrogen (secondary N) is 1. The number of aromatic nitrogens is 2. The van der Waals surface area contributed by atoms with Crippen LogP contribution in [0.3, 0.4) is 0 Å². The lowest BCUT2D eigenvalue weighted by molar-refractivity contribution is 0.102. The normalized spacial score (nSPS) is 10.5. The Morgan fingerprint density at radius 2 is 1.95 bits per heavy atom. The summed E-state index contributed by atoms with van der Waals surface area (Å²) in [7, 11) is 0. The monoisotopic (exact) mass is 311 g/mol. The number of carbonyl (C=O) groups is 1. The Kier molecular flexibility index (Phi) is 3.94. The highest BCUT2D eigenvalue weighted by Crippen LogP contribution is 2.20. The maximum Gasteiger partial charge on any atom is 0.257 e. The van der Waals surface area contributed by atoms with E-state index >= 15 is 0 Å². The molecule has 3 rings (SSSR count). The van der Waals surface area contributed by atoms with Crippen molar-refractivity contribution in [3.05, 3.63) is 77.3 Å². The van der Waals surface area contributed by atoms with Crippen molar-refractivity contribution in [3.63, 3.8) is 0 Å². The lowest BCUT2D eigenvalue weighted by Gasteiger charge is -2.08. The predicted octanol–water partition coefficient (Wildman–Crippen LogP) is 4.09. The van der Waals surface area contributed by atoms with Gasteiger partial charge in [-0.2, -0.15) is 0 Å². The van der Waals surface area contributed by atoms with E-state index in [-0.39, 0.29) is 5.91 Å². The Morgan fingerprint density at radius 3 is 2.68 bits per heavy atom. The van der Waals surface area contributed by atoms with Gasteiger partial charge in [0.05, 0.1) is 17.4 Å². The third-order valence-electron chi connectivity index (χ3n) is 3.32. The van der Waals surface area contributed by atoms with Gasteiger partial charge in [0, 0.05) is 29.3 Å². The van der Waals surface area contributed by atoms with Crippen LogP contribution >= 0.6 is 11.6 Å². The molecule has 0 aliphatic heterocycles. The molecule has 2 heterocycles. The average molecular weight is 312 g/mol. The molecule has 0 radical (unpaired) electrons. The summed E-state index contributed by atoms with van der Waals surface area (Å²) in [6.45, 7) is 1.92. The molecule has 2 aromatic heterocycles. The Labute approximate surface area is 133 Å². The van der Waals surface area contributed by atoms with E-state index < -0.39 is 0 Å². The van der Waals surface area contributed by atoms with E-state index in [1.54, 1.807) is 18.3 Å². The number of benzene rings is 1. The zero-order chi connectivity index (χ0) is 15.5. The molecule has 1 N–H and O–H groups in total. The van der Waals surface area contributed by atoms with Crippen LogP contribution in [0, 0.1) is 6.92 Å². The minimum Gasteiger partial charge on any atom is -0.322 e. The number of pyridine rings is 1. The van der Waals surface area contributed by atoms with Crippen molar-refractivity contribution < 1.29 is 4.79 Å². The number of hydrogen-bond donors (Lipinski definition) is 1. The lowest BCUT2D eigenvalue weighted by atomic mass is 10.2. The standard InChI is InChI=1S/C17H14ClN3O/c1-12-4-5-14(9-16(12)18)20-17(22)13-8-15(11-19-10-13)21-6-2-3-7-21/h2-11H,1H3,(H,20,22). The van der Waals surface area contributed by atoms with E-state index in [2.05, 4.69) is 10.3 Å². The first-order valence-electron chi connectivity index (χ1n) is 6.79. The average Bonchev–Trinajstić information content (AvgIpc) is 3.05. The van der Waals surface area contributed by atoms with Crippen molar-refractivity contribution in [1.29, 1.82) is 0 Å². The molecule has 0 saturated heterocycles. The summed E-state index contributed by atoms with van der Waals surface area (Å²) in [4.78, 5) is 16.5. The van der Waals surface area contributed by atoms with E-state index in [0.717, 1.165) is 11.3 Å². The Hall–Kier alpha value is -2.59. The van der Waals surface area contributed by atoms with Gasteiger partial charge in [-0.25, -0.2) is 0 Å². The Morgan fingerprint density at radius 1 is 1.18 bits per heavy atom. The second kappa shape index (κ2) is 6.03. The van der Waals surface area contributed by atoms with Gasteiger partial charge in [-0.15, -0.1) is 0 Å². The molecule has 0 spiro atoms. The molecule has 0 unspecified atom stereocenters. The smallest absolute Gasteiger partial charge is 0.257 e. The molecule has 1 amide bonds. The van der Waals surface area contributed by atoms with Crippen molar-refractivity contribution in [2.75, 3.05) is 5.32 Å². The van der Waals surface area contributed by atoms with Crippen LogP contribution in [0.15, 0.2) is 61.2 Å². The van der Waals surface area contributed by atoms with E-state index in [4.69, 9.17) is 11.6 Å². The second-order valence-electron chi connectivity index (χ2n) is 4.94. The van der Waals surface area contributed by atoms with Crippen LogP contribution in [-0.2, 0) is 0 Å². The van der Waals surface area contributed by atoms with Gasteiger partial charge in [0.25, 0.3) is 5.91 Å². The maximum atomic E-state index is 12.3. The first-order chi connectivity index (χ1) is 10.6. The molecule has 0 saturated carbocycles. The van der Waals surface area contributed by atoms with Crippen molar-refractivity contribution in [2.45, 2.75) is 6.92 Å². The van der Waals surface area contributed by atoms with Gasteiger partial charge in [0.2, 0.25) is 0 Å². The van der Waals surface area contributed by atoms with Crippen molar-refractivity contribution in [3.8, 4) is 5.69 Å². The molecule has 0 aliphatic carbocycles. The van der Waals surface area contributed by atoms with E-state index in [1.807, 2.05) is 48.1 Å². The molecule has 4 nitrogen and oxygen atoms in total. The van der Waals surface area contributed by atoms with E-state index in [0.29, 0.717) is 16.3 Å². The molecule has 1 aromatic carbocycles. The molecular weight excluding hydrogens is 298 g/mol. The SMILES string of the molecule is Cc1ccc(NC(=O)c2cncc(-n3cccc3)c2)cc1Cl. The third kappa shape index (κ3) is 3.02. The van der Waals surface area contributed by atoms with Gasteiger partial charge < -0.3 is 9.88 Å². The Balaban J connectivity index is 1.83. The van der Waals surface area contributed by atoms with Crippen LogP contribution in [0.5, 0.6) is 0 Å². The number of anilines is 1. The summed E-state index contributed by atoms with van der Waals surface area (Å²) in [5, 5.41) is 3.45. The Bertz CT molecular complexity index is 813. The maximum absolute atomic E-state index is 12.3. The number of aryl methyl sites for hydroxylation is 1. The molecule has 3 aromatic rings. The minimum atomic E-state index is -0.221. The van der Waals surface area contributed by atoms with Gasteiger partial charge in [-0.1, -0.05) is 17.7 Å². The van der Waals surface area contributed by atoms with E-state index in [1.165, 1.54) is 6.20 Å². The zero-order valence-corrected chi connectivity index (χ0v) is 12.7. The highest BCUT2D eigenvalue weighted by atomic mass is 35.5. The predicted molar refractivity (Wildman–Crippen MR) is 87.7 cm³/mol. The summed E-state index contributed by atoms with van der Waals surface area (Å²) in [5.74, 6) is -0.221. The molecule has 0 fully saturated rings. The number of amides is 1. The number of nitrogens with zero attached hydrogens (tertiary/aromatic N) is 2. The summed E-state index contributed by atoms with van der Waals surface area (Å²) in [6.07, 6.45) is 7.05. The van der Waals surface area contributed by atoms with Gasteiger partial charge in [-0.05, 0) is 42.8 Å². The van der Waals surface area contributed by atoms with E-state index in [9.17, 15) is 4.79 Å².